The average Bonchev–Trinajstić information content (AvgIpc) is 3.37. The number of rotatable bonds is 5. The van der Waals surface area contributed by atoms with Crippen molar-refractivity contribution in [2.45, 2.75) is 51.8 Å². The van der Waals surface area contributed by atoms with Gasteiger partial charge in [-0.1, -0.05) is 17.4 Å². The van der Waals surface area contributed by atoms with E-state index in [4.69, 9.17) is 15.2 Å². The molecule has 3 atom stereocenters. The van der Waals surface area contributed by atoms with Crippen molar-refractivity contribution in [2.24, 2.45) is 5.92 Å². The molecule has 1 saturated heterocycles. The number of carbonyl (C=O) groups excluding carboxylic acids is 1. The fourth-order valence-electron chi connectivity index (χ4n) is 4.89. The van der Waals surface area contributed by atoms with Crippen molar-refractivity contribution in [3.63, 3.8) is 0 Å². The summed E-state index contributed by atoms with van der Waals surface area (Å²) in [6.07, 6.45) is 0.279. The number of nitrogens with two attached hydrogens (primary N) is 1. The minimum atomic E-state index is -0.602. The normalized spacial score (nSPS) is 21.4. The van der Waals surface area contributed by atoms with Gasteiger partial charge in [0.05, 0.1) is 24.4 Å². The van der Waals surface area contributed by atoms with Crippen LogP contribution in [-0.4, -0.2) is 55.1 Å². The number of fused-ring (bicyclic) bond motifs is 2. The second kappa shape index (κ2) is 9.89. The van der Waals surface area contributed by atoms with Gasteiger partial charge < -0.3 is 30.7 Å². The summed E-state index contributed by atoms with van der Waals surface area (Å²) in [5.74, 6) is 0.528. The van der Waals surface area contributed by atoms with Crippen LogP contribution in [0.15, 0.2) is 30.3 Å². The first kappa shape index (κ1) is 25.4. The van der Waals surface area contributed by atoms with Crippen molar-refractivity contribution >= 4 is 44.0 Å². The number of halogens is 1. The highest BCUT2D eigenvalue weighted by atomic mass is 32.1. The van der Waals surface area contributed by atoms with Gasteiger partial charge in [-0.2, -0.15) is 0 Å². The predicted molar refractivity (Wildman–Crippen MR) is 147 cm³/mol. The van der Waals surface area contributed by atoms with Crippen molar-refractivity contribution in [1.29, 1.82) is 0 Å². The lowest BCUT2D eigenvalue weighted by Crippen LogP contribution is -2.43. The van der Waals surface area contributed by atoms with Gasteiger partial charge in [-0.05, 0) is 57.9 Å². The molecular formula is C27H34FN5O3S. The molecule has 0 saturated carbocycles. The molecule has 5 rings (SSSR count). The molecule has 2 aliphatic heterocycles. The summed E-state index contributed by atoms with van der Waals surface area (Å²) in [6, 6.07) is 9.86. The molecule has 2 aromatic heterocycles. The summed E-state index contributed by atoms with van der Waals surface area (Å²) >= 11 is 1.56. The maximum atomic E-state index is 13.8. The van der Waals surface area contributed by atoms with Crippen molar-refractivity contribution in [3.8, 4) is 5.75 Å². The lowest BCUT2D eigenvalue weighted by Gasteiger charge is -2.28. The second-order valence-corrected chi connectivity index (χ2v) is 11.9. The number of hydrogen-bond acceptors (Lipinski definition) is 8. The number of thiophene rings is 1. The lowest BCUT2D eigenvalue weighted by atomic mass is 10.0. The van der Waals surface area contributed by atoms with E-state index in [1.807, 2.05) is 52.0 Å². The second-order valence-electron chi connectivity index (χ2n) is 10.9. The molecule has 1 amide bonds. The standard InChI is InChI=1S/C27H34FN5O3S/c1-15-5-8-20-23(29)25(37-24(20)30-15)31-18-9-16-6-7-19(10-22(16)35-14-18)33-12-17(11-28)21(13-33)32-26(34)36-27(2,3)4/h5-8,10,17-18,21,31H,9,11-14,29H2,1-4H3,(H,32,34)/t17?,18-,21?/m1/s1. The maximum absolute atomic E-state index is 13.8. The highest BCUT2D eigenvalue weighted by Crippen LogP contribution is 2.39. The summed E-state index contributed by atoms with van der Waals surface area (Å²) in [6.45, 7) is 8.41. The fourth-order valence-corrected chi connectivity index (χ4v) is 6.01. The Labute approximate surface area is 220 Å². The zero-order chi connectivity index (χ0) is 26.3. The third kappa shape index (κ3) is 5.53. The molecule has 4 heterocycles. The van der Waals surface area contributed by atoms with Crippen LogP contribution < -0.4 is 26.0 Å². The minimum Gasteiger partial charge on any atom is -0.491 e. The smallest absolute Gasteiger partial charge is 0.407 e. The van der Waals surface area contributed by atoms with E-state index < -0.39 is 18.4 Å². The van der Waals surface area contributed by atoms with Gasteiger partial charge in [0.25, 0.3) is 0 Å². The van der Waals surface area contributed by atoms with Crippen LogP contribution in [0.4, 0.5) is 25.6 Å². The van der Waals surface area contributed by atoms with Gasteiger partial charge in [-0.25, -0.2) is 9.78 Å². The Morgan fingerprint density at radius 2 is 2.11 bits per heavy atom. The number of hydrogen-bond donors (Lipinski definition) is 3. The lowest BCUT2D eigenvalue weighted by molar-refractivity contribution is 0.0494. The Balaban J connectivity index is 1.24. The first-order valence-electron chi connectivity index (χ1n) is 12.6. The molecule has 0 spiro atoms. The summed E-state index contributed by atoms with van der Waals surface area (Å²) in [5, 5.41) is 8.28. The molecule has 4 N–H and O–H groups in total. The van der Waals surface area contributed by atoms with Gasteiger partial charge in [0.1, 0.15) is 27.8 Å². The summed E-state index contributed by atoms with van der Waals surface area (Å²) in [5.41, 5.74) is 9.53. The highest BCUT2D eigenvalue weighted by Gasteiger charge is 2.35. The number of ether oxygens (including phenoxy) is 2. The van der Waals surface area contributed by atoms with E-state index in [2.05, 4.69) is 26.6 Å². The molecule has 37 heavy (non-hydrogen) atoms. The van der Waals surface area contributed by atoms with Gasteiger partial charge in [-0.3, -0.25) is 4.39 Å². The number of nitrogen functional groups attached to an aromatic ring is 1. The van der Waals surface area contributed by atoms with Crippen LogP contribution in [0.2, 0.25) is 0 Å². The van der Waals surface area contributed by atoms with E-state index in [-0.39, 0.29) is 18.0 Å². The number of amides is 1. The molecule has 198 valence electrons. The van der Waals surface area contributed by atoms with E-state index in [9.17, 15) is 9.18 Å². The van der Waals surface area contributed by atoms with Crippen LogP contribution in [0.5, 0.6) is 5.75 Å². The molecule has 8 nitrogen and oxygen atoms in total. The number of nitrogens with one attached hydrogen (secondary N) is 2. The Morgan fingerprint density at radius 3 is 2.86 bits per heavy atom. The Bertz CT molecular complexity index is 1310. The molecule has 3 aromatic rings. The first-order chi connectivity index (χ1) is 17.6. The van der Waals surface area contributed by atoms with E-state index in [0.717, 1.165) is 50.0 Å². The van der Waals surface area contributed by atoms with Gasteiger partial charge >= 0.3 is 6.09 Å². The number of aromatic nitrogens is 1. The molecule has 0 aliphatic carbocycles. The molecule has 1 aromatic carbocycles. The molecule has 0 radical (unpaired) electrons. The number of anilines is 3. The largest absolute Gasteiger partial charge is 0.491 e. The number of aryl methyl sites for hydroxylation is 1. The van der Waals surface area contributed by atoms with E-state index in [0.29, 0.717) is 19.7 Å². The number of carbonyl (C=O) groups is 1. The zero-order valence-corrected chi connectivity index (χ0v) is 22.5. The monoisotopic (exact) mass is 527 g/mol. The Kier molecular flexibility index (Phi) is 6.78. The van der Waals surface area contributed by atoms with Gasteiger partial charge in [0.2, 0.25) is 0 Å². The number of pyridine rings is 1. The van der Waals surface area contributed by atoms with E-state index in [1.165, 1.54) is 0 Å². The SMILES string of the molecule is Cc1ccc2c(N)c(N[C@H]3COc4cc(N5CC(CF)C(NC(=O)OC(C)(C)C)C5)ccc4C3)sc2n1. The van der Waals surface area contributed by atoms with Crippen LogP contribution in [0.3, 0.4) is 0 Å². The van der Waals surface area contributed by atoms with E-state index in [1.54, 1.807) is 11.3 Å². The van der Waals surface area contributed by atoms with Crippen molar-refractivity contribution in [3.05, 3.63) is 41.6 Å². The number of alkyl halides is 1. The van der Waals surface area contributed by atoms with Crippen molar-refractivity contribution in [2.75, 3.05) is 42.3 Å². The Morgan fingerprint density at radius 1 is 1.30 bits per heavy atom. The van der Waals surface area contributed by atoms with E-state index >= 15 is 0 Å². The molecule has 10 heteroatoms. The van der Waals surface area contributed by atoms with Crippen LogP contribution in [0.1, 0.15) is 32.0 Å². The number of nitrogens with zero attached hydrogens (tertiary/aromatic N) is 2. The summed E-state index contributed by atoms with van der Waals surface area (Å²) in [7, 11) is 0. The summed E-state index contributed by atoms with van der Waals surface area (Å²) < 4.78 is 25.3. The topological polar surface area (TPSA) is 102 Å². The van der Waals surface area contributed by atoms with Crippen LogP contribution >= 0.6 is 11.3 Å². The third-order valence-corrected chi connectivity index (χ3v) is 7.78. The van der Waals surface area contributed by atoms with Gasteiger partial charge in [-0.15, -0.1) is 0 Å². The summed E-state index contributed by atoms with van der Waals surface area (Å²) in [4.78, 5) is 19.9. The van der Waals surface area contributed by atoms with Crippen molar-refractivity contribution < 1.29 is 18.7 Å². The van der Waals surface area contributed by atoms with Crippen LogP contribution in [-0.2, 0) is 11.2 Å². The van der Waals surface area contributed by atoms with Gasteiger partial charge in [0, 0.05) is 41.8 Å². The van der Waals surface area contributed by atoms with Crippen molar-refractivity contribution in [1.82, 2.24) is 10.3 Å². The fraction of sp³-hybridized carbons (Fsp3) is 0.481. The maximum Gasteiger partial charge on any atom is 0.407 e. The number of alkyl carbamates (subject to hydrolysis) is 1. The first-order valence-corrected chi connectivity index (χ1v) is 13.4. The molecule has 2 aliphatic rings. The zero-order valence-electron chi connectivity index (χ0n) is 21.6. The molecule has 2 unspecified atom stereocenters. The number of benzene rings is 1. The van der Waals surface area contributed by atoms with Crippen LogP contribution in [0.25, 0.3) is 10.2 Å². The van der Waals surface area contributed by atoms with Gasteiger partial charge in [0.15, 0.2) is 0 Å². The third-order valence-electron chi connectivity index (χ3n) is 6.73. The molecule has 1 fully saturated rings. The van der Waals surface area contributed by atoms with Crippen LogP contribution in [0, 0.1) is 12.8 Å². The minimum absolute atomic E-state index is 0.0833. The average molecular weight is 528 g/mol. The molecular weight excluding hydrogens is 493 g/mol. The predicted octanol–water partition coefficient (Wildman–Crippen LogP) is 4.90. The quantitative estimate of drug-likeness (QED) is 0.434. The highest BCUT2D eigenvalue weighted by molar-refractivity contribution is 7.23. The Hall–Kier alpha value is -3.27. The molecule has 0 bridgehead atoms.